The van der Waals surface area contributed by atoms with Crippen molar-refractivity contribution in [3.63, 3.8) is 0 Å². The Morgan fingerprint density at radius 3 is 2.50 bits per heavy atom. The number of hydrogen-bond acceptors (Lipinski definition) is 3. The second-order valence-electron chi connectivity index (χ2n) is 5.12. The monoisotopic (exact) mass is 263 g/mol. The van der Waals surface area contributed by atoms with Crippen LogP contribution >= 0.6 is 0 Å². The Morgan fingerprint density at radius 1 is 0.950 bits per heavy atom. The quantitative estimate of drug-likeness (QED) is 0.729. The van der Waals surface area contributed by atoms with Crippen LogP contribution in [-0.2, 0) is 0 Å². The van der Waals surface area contributed by atoms with Crippen molar-refractivity contribution >= 4 is 28.0 Å². The highest BCUT2D eigenvalue weighted by Crippen LogP contribution is 2.23. The topological polar surface area (TPSA) is 50.9 Å². The van der Waals surface area contributed by atoms with Gasteiger partial charge in [0.25, 0.3) is 0 Å². The zero-order valence-electron chi connectivity index (χ0n) is 11.6. The Hall–Kier alpha value is -2.55. The summed E-state index contributed by atoms with van der Waals surface area (Å²) in [5.74, 6) is 0.808. The number of benzene rings is 2. The van der Waals surface area contributed by atoms with Gasteiger partial charge < -0.3 is 11.1 Å². The molecule has 0 aliphatic rings. The molecule has 0 aliphatic heterocycles. The van der Waals surface area contributed by atoms with Crippen molar-refractivity contribution < 1.29 is 0 Å². The van der Waals surface area contributed by atoms with Gasteiger partial charge in [-0.25, -0.2) is 4.98 Å². The van der Waals surface area contributed by atoms with Crippen molar-refractivity contribution in [1.82, 2.24) is 4.98 Å². The lowest BCUT2D eigenvalue weighted by Gasteiger charge is -2.09. The molecule has 0 unspecified atom stereocenters. The molecule has 20 heavy (non-hydrogen) atoms. The Bertz CT molecular complexity index is 778. The maximum Gasteiger partial charge on any atom is 0.130 e. The smallest absolute Gasteiger partial charge is 0.130 e. The largest absolute Gasteiger partial charge is 0.397 e. The summed E-state index contributed by atoms with van der Waals surface area (Å²) in [5.41, 5.74) is 9.82. The van der Waals surface area contributed by atoms with Gasteiger partial charge in [0.2, 0.25) is 0 Å². The maximum atomic E-state index is 5.78. The number of nitrogens with zero attached hydrogens (tertiary/aromatic N) is 1. The molecule has 0 fully saturated rings. The summed E-state index contributed by atoms with van der Waals surface area (Å²) in [6, 6.07) is 14.7. The molecular formula is C17H17N3. The van der Waals surface area contributed by atoms with Crippen LogP contribution in [0.25, 0.3) is 10.8 Å². The molecule has 3 nitrogen and oxygen atoms in total. The van der Waals surface area contributed by atoms with E-state index in [1.54, 1.807) is 6.20 Å². The van der Waals surface area contributed by atoms with Crippen molar-refractivity contribution in [3.8, 4) is 0 Å². The lowest BCUT2D eigenvalue weighted by Crippen LogP contribution is -1.97. The molecular weight excluding hydrogens is 246 g/mol. The number of nitrogens with two attached hydrogens (primary N) is 1. The third-order valence-electron chi connectivity index (χ3n) is 3.42. The maximum absolute atomic E-state index is 5.78. The van der Waals surface area contributed by atoms with Gasteiger partial charge in [0.15, 0.2) is 0 Å². The third-order valence-corrected chi connectivity index (χ3v) is 3.42. The Kier molecular flexibility index (Phi) is 3.03. The van der Waals surface area contributed by atoms with Gasteiger partial charge >= 0.3 is 0 Å². The number of aromatic nitrogens is 1. The number of nitrogens with one attached hydrogen (secondary N) is 1. The first-order valence-electron chi connectivity index (χ1n) is 6.61. The van der Waals surface area contributed by atoms with E-state index in [-0.39, 0.29) is 0 Å². The molecule has 1 aromatic heterocycles. The van der Waals surface area contributed by atoms with Crippen LogP contribution in [0.3, 0.4) is 0 Å². The van der Waals surface area contributed by atoms with Crippen LogP contribution in [0.1, 0.15) is 11.1 Å². The van der Waals surface area contributed by atoms with Gasteiger partial charge in [-0.05, 0) is 48.4 Å². The molecule has 0 bridgehead atoms. The van der Waals surface area contributed by atoms with Gasteiger partial charge in [-0.15, -0.1) is 0 Å². The zero-order chi connectivity index (χ0) is 14.1. The van der Waals surface area contributed by atoms with Crippen molar-refractivity contribution in [2.24, 2.45) is 0 Å². The van der Waals surface area contributed by atoms with Gasteiger partial charge in [-0.2, -0.15) is 0 Å². The Balaban J connectivity index is 1.94. The third kappa shape index (κ3) is 2.43. The second-order valence-corrected chi connectivity index (χ2v) is 5.12. The molecule has 3 aromatic rings. The fraction of sp³-hybridized carbons (Fsp3) is 0.118. The van der Waals surface area contributed by atoms with E-state index in [2.05, 4.69) is 53.6 Å². The lowest BCUT2D eigenvalue weighted by atomic mass is 10.1. The van der Waals surface area contributed by atoms with Crippen molar-refractivity contribution in [3.05, 3.63) is 59.8 Å². The first kappa shape index (κ1) is 12.5. The summed E-state index contributed by atoms with van der Waals surface area (Å²) in [6.45, 7) is 4.08. The molecule has 0 spiro atoms. The molecule has 0 amide bonds. The highest BCUT2D eigenvalue weighted by atomic mass is 15.0. The standard InChI is InChI=1S/C17H17N3/c1-11-3-4-14-9-15(6-5-13(14)7-11)20-17-8-12(2)16(18)10-19-17/h3-10H,18H2,1-2H3,(H,19,20). The Morgan fingerprint density at radius 2 is 1.70 bits per heavy atom. The van der Waals surface area contributed by atoms with E-state index in [0.29, 0.717) is 5.69 Å². The number of pyridine rings is 1. The highest BCUT2D eigenvalue weighted by molar-refractivity contribution is 5.87. The van der Waals surface area contributed by atoms with E-state index < -0.39 is 0 Å². The molecule has 0 saturated carbocycles. The lowest BCUT2D eigenvalue weighted by molar-refractivity contribution is 1.28. The summed E-state index contributed by atoms with van der Waals surface area (Å²) < 4.78 is 0. The summed E-state index contributed by atoms with van der Waals surface area (Å²) in [4.78, 5) is 4.29. The van der Waals surface area contributed by atoms with Gasteiger partial charge in [0.1, 0.15) is 5.82 Å². The van der Waals surface area contributed by atoms with E-state index in [4.69, 9.17) is 5.73 Å². The van der Waals surface area contributed by atoms with Crippen molar-refractivity contribution in [2.75, 3.05) is 11.1 Å². The van der Waals surface area contributed by atoms with Crippen LogP contribution in [0.2, 0.25) is 0 Å². The number of aryl methyl sites for hydroxylation is 2. The van der Waals surface area contributed by atoms with Crippen LogP contribution in [0.15, 0.2) is 48.7 Å². The molecule has 0 aliphatic carbocycles. The number of hydrogen-bond donors (Lipinski definition) is 2. The van der Waals surface area contributed by atoms with Gasteiger partial charge in [-0.1, -0.05) is 29.8 Å². The van der Waals surface area contributed by atoms with Gasteiger partial charge in [0.05, 0.1) is 11.9 Å². The molecule has 0 saturated heterocycles. The fourth-order valence-electron chi connectivity index (χ4n) is 2.23. The van der Waals surface area contributed by atoms with Gasteiger partial charge in [0, 0.05) is 5.69 Å². The fourth-order valence-corrected chi connectivity index (χ4v) is 2.23. The van der Waals surface area contributed by atoms with Crippen molar-refractivity contribution in [1.29, 1.82) is 0 Å². The molecule has 3 rings (SSSR count). The molecule has 2 aromatic carbocycles. The summed E-state index contributed by atoms with van der Waals surface area (Å²) in [6.07, 6.45) is 1.68. The summed E-state index contributed by atoms with van der Waals surface area (Å²) in [7, 11) is 0. The van der Waals surface area contributed by atoms with E-state index in [1.165, 1.54) is 16.3 Å². The number of rotatable bonds is 2. The minimum Gasteiger partial charge on any atom is -0.397 e. The molecule has 100 valence electrons. The molecule has 3 heteroatoms. The SMILES string of the molecule is Cc1ccc2cc(Nc3cc(C)c(N)cn3)ccc2c1. The predicted octanol–water partition coefficient (Wildman–Crippen LogP) is 4.18. The average Bonchev–Trinajstić information content (AvgIpc) is 2.43. The van der Waals surface area contributed by atoms with E-state index in [9.17, 15) is 0 Å². The zero-order valence-corrected chi connectivity index (χ0v) is 11.6. The molecule has 1 heterocycles. The van der Waals surface area contributed by atoms with E-state index >= 15 is 0 Å². The highest BCUT2D eigenvalue weighted by Gasteiger charge is 2.01. The average molecular weight is 263 g/mol. The predicted molar refractivity (Wildman–Crippen MR) is 85.4 cm³/mol. The molecule has 0 radical (unpaired) electrons. The first-order chi connectivity index (χ1) is 9.61. The minimum absolute atomic E-state index is 0.713. The van der Waals surface area contributed by atoms with Crippen molar-refractivity contribution in [2.45, 2.75) is 13.8 Å². The van der Waals surface area contributed by atoms with E-state index in [1.807, 2.05) is 13.0 Å². The van der Waals surface area contributed by atoms with Crippen LogP contribution in [0.4, 0.5) is 17.2 Å². The molecule has 0 atom stereocenters. The van der Waals surface area contributed by atoms with Crippen LogP contribution < -0.4 is 11.1 Å². The normalized spacial score (nSPS) is 10.7. The van der Waals surface area contributed by atoms with Crippen LogP contribution in [-0.4, -0.2) is 4.98 Å². The number of fused-ring (bicyclic) bond motifs is 1. The molecule has 3 N–H and O–H groups in total. The minimum atomic E-state index is 0.713. The van der Waals surface area contributed by atoms with Gasteiger partial charge in [-0.3, -0.25) is 0 Å². The first-order valence-corrected chi connectivity index (χ1v) is 6.61. The summed E-state index contributed by atoms with van der Waals surface area (Å²) >= 11 is 0. The number of nitrogen functional groups attached to an aromatic ring is 1. The summed E-state index contributed by atoms with van der Waals surface area (Å²) in [5, 5.41) is 5.77. The number of anilines is 3. The second kappa shape index (κ2) is 4.85. The Labute approximate surface area is 118 Å². The van der Waals surface area contributed by atoms with E-state index in [0.717, 1.165) is 17.1 Å². The van der Waals surface area contributed by atoms with Crippen LogP contribution in [0, 0.1) is 13.8 Å². The van der Waals surface area contributed by atoms with Crippen LogP contribution in [0.5, 0.6) is 0 Å².